The molecule has 0 spiro atoms. The highest BCUT2D eigenvalue weighted by molar-refractivity contribution is 5.51. The van der Waals surface area contributed by atoms with Crippen molar-refractivity contribution in [2.75, 3.05) is 54.5 Å². The van der Waals surface area contributed by atoms with E-state index >= 15 is 0 Å². The highest BCUT2D eigenvalue weighted by Gasteiger charge is 2.22. The topological polar surface area (TPSA) is 79.3 Å². The van der Waals surface area contributed by atoms with Crippen molar-refractivity contribution in [2.24, 2.45) is 0 Å². The molecule has 0 saturated carbocycles. The number of rotatable bonds is 5. The molecule has 2 aliphatic rings. The fraction of sp³-hybridized carbons (Fsp3) is 0.600. The minimum atomic E-state index is 0.342. The van der Waals surface area contributed by atoms with Gasteiger partial charge in [-0.2, -0.15) is 0 Å². The van der Waals surface area contributed by atoms with Crippen molar-refractivity contribution < 1.29 is 4.74 Å². The highest BCUT2D eigenvalue weighted by Crippen LogP contribution is 2.23. The lowest BCUT2D eigenvalue weighted by molar-refractivity contribution is 0.122. The van der Waals surface area contributed by atoms with Crippen LogP contribution in [-0.4, -0.2) is 65.4 Å². The van der Waals surface area contributed by atoms with Crippen LogP contribution in [-0.2, 0) is 11.2 Å². The summed E-state index contributed by atoms with van der Waals surface area (Å²) in [5.74, 6) is 3.73. The predicted octanol–water partition coefficient (Wildman–Crippen LogP) is 2.05. The molecule has 4 heterocycles. The number of nitrogens with zero attached hydrogens (tertiary/aromatic N) is 6. The van der Waals surface area contributed by atoms with Gasteiger partial charge >= 0.3 is 0 Å². The second-order valence-corrected chi connectivity index (χ2v) is 7.41. The van der Waals surface area contributed by atoms with Gasteiger partial charge < -0.3 is 19.9 Å². The summed E-state index contributed by atoms with van der Waals surface area (Å²) < 4.78 is 5.45. The predicted molar refractivity (Wildman–Crippen MR) is 110 cm³/mol. The number of nitrogens with one attached hydrogen (secondary N) is 1. The van der Waals surface area contributed by atoms with Crippen molar-refractivity contribution >= 4 is 17.5 Å². The molecule has 2 aromatic heterocycles. The third kappa shape index (κ3) is 4.49. The van der Waals surface area contributed by atoms with Crippen LogP contribution in [0.3, 0.4) is 0 Å². The summed E-state index contributed by atoms with van der Waals surface area (Å²) in [6.45, 7) is 9.27. The molecule has 0 radical (unpaired) electrons. The highest BCUT2D eigenvalue weighted by atomic mass is 16.5. The van der Waals surface area contributed by atoms with E-state index < -0.39 is 0 Å². The van der Waals surface area contributed by atoms with Crippen molar-refractivity contribution in [3.05, 3.63) is 30.0 Å². The number of aryl methyl sites for hydroxylation is 2. The molecule has 4 rings (SSSR count). The van der Waals surface area contributed by atoms with E-state index in [0.717, 1.165) is 87.6 Å². The van der Waals surface area contributed by atoms with Crippen molar-refractivity contribution in [1.29, 1.82) is 0 Å². The number of ether oxygens (including phenoxy) is 1. The molecule has 150 valence electrons. The number of hydrogen-bond donors (Lipinski definition) is 1. The zero-order valence-electron chi connectivity index (χ0n) is 16.8. The van der Waals surface area contributed by atoms with E-state index in [1.165, 1.54) is 0 Å². The first-order valence-corrected chi connectivity index (χ1v) is 10.2. The van der Waals surface area contributed by atoms with Crippen LogP contribution in [0.5, 0.6) is 0 Å². The van der Waals surface area contributed by atoms with E-state index in [4.69, 9.17) is 4.74 Å². The van der Waals surface area contributed by atoms with Crippen LogP contribution in [0.25, 0.3) is 0 Å². The average Bonchev–Trinajstić information content (AvgIpc) is 2.74. The van der Waals surface area contributed by atoms with Gasteiger partial charge in [-0.1, -0.05) is 6.92 Å². The Kier molecular flexibility index (Phi) is 5.85. The van der Waals surface area contributed by atoms with Crippen LogP contribution in [0.15, 0.2) is 18.5 Å². The van der Waals surface area contributed by atoms with Crippen LogP contribution in [0.2, 0.25) is 0 Å². The van der Waals surface area contributed by atoms with E-state index in [-0.39, 0.29) is 0 Å². The minimum Gasteiger partial charge on any atom is -0.378 e. The zero-order chi connectivity index (χ0) is 19.3. The molecular formula is C20H29N7O. The molecule has 0 bridgehead atoms. The lowest BCUT2D eigenvalue weighted by atomic mass is 10.1. The van der Waals surface area contributed by atoms with E-state index in [2.05, 4.69) is 54.1 Å². The van der Waals surface area contributed by atoms with Gasteiger partial charge in [0.05, 0.1) is 13.2 Å². The summed E-state index contributed by atoms with van der Waals surface area (Å²) in [6.07, 6.45) is 4.85. The van der Waals surface area contributed by atoms with E-state index in [0.29, 0.717) is 6.04 Å². The van der Waals surface area contributed by atoms with Crippen LogP contribution >= 0.6 is 0 Å². The molecule has 8 nitrogen and oxygen atoms in total. The summed E-state index contributed by atoms with van der Waals surface area (Å²) in [7, 11) is 0. The van der Waals surface area contributed by atoms with Crippen LogP contribution in [0.4, 0.5) is 17.5 Å². The maximum Gasteiger partial charge on any atom is 0.134 e. The van der Waals surface area contributed by atoms with Crippen LogP contribution in [0.1, 0.15) is 31.3 Å². The van der Waals surface area contributed by atoms with Gasteiger partial charge in [0.15, 0.2) is 0 Å². The second kappa shape index (κ2) is 8.68. The molecule has 2 aliphatic heterocycles. The molecule has 0 aliphatic carbocycles. The molecule has 2 fully saturated rings. The quantitative estimate of drug-likeness (QED) is 0.840. The maximum atomic E-state index is 5.45. The fourth-order valence-electron chi connectivity index (χ4n) is 3.87. The Morgan fingerprint density at radius 1 is 1.07 bits per heavy atom. The van der Waals surface area contributed by atoms with E-state index in [9.17, 15) is 0 Å². The summed E-state index contributed by atoms with van der Waals surface area (Å²) in [5.41, 5.74) is 1.08. The third-order valence-corrected chi connectivity index (χ3v) is 5.32. The number of morpholine rings is 1. The van der Waals surface area contributed by atoms with Crippen molar-refractivity contribution in [3.8, 4) is 0 Å². The van der Waals surface area contributed by atoms with Gasteiger partial charge in [-0.25, -0.2) is 19.9 Å². The van der Waals surface area contributed by atoms with Crippen molar-refractivity contribution in [3.63, 3.8) is 0 Å². The Hall–Kier alpha value is -2.48. The van der Waals surface area contributed by atoms with Crippen LogP contribution in [0, 0.1) is 6.92 Å². The van der Waals surface area contributed by atoms with E-state index in [1.54, 1.807) is 6.33 Å². The zero-order valence-corrected chi connectivity index (χ0v) is 16.8. The lowest BCUT2D eigenvalue weighted by Gasteiger charge is -2.35. The Morgan fingerprint density at radius 3 is 2.64 bits per heavy atom. The summed E-state index contributed by atoms with van der Waals surface area (Å²) >= 11 is 0. The van der Waals surface area contributed by atoms with Gasteiger partial charge in [0.2, 0.25) is 0 Å². The number of aromatic nitrogens is 4. The third-order valence-electron chi connectivity index (χ3n) is 5.32. The first-order chi connectivity index (χ1) is 13.7. The van der Waals surface area contributed by atoms with Crippen molar-refractivity contribution in [1.82, 2.24) is 19.9 Å². The summed E-state index contributed by atoms with van der Waals surface area (Å²) in [4.78, 5) is 22.7. The second-order valence-electron chi connectivity index (χ2n) is 7.41. The average molecular weight is 384 g/mol. The molecule has 28 heavy (non-hydrogen) atoms. The van der Waals surface area contributed by atoms with Crippen LogP contribution < -0.4 is 15.1 Å². The minimum absolute atomic E-state index is 0.342. The Balaban J connectivity index is 1.44. The fourth-order valence-corrected chi connectivity index (χ4v) is 3.87. The van der Waals surface area contributed by atoms with Gasteiger partial charge in [-0.15, -0.1) is 0 Å². The largest absolute Gasteiger partial charge is 0.378 e. The molecule has 1 unspecified atom stereocenters. The van der Waals surface area contributed by atoms with Gasteiger partial charge in [0.25, 0.3) is 0 Å². The number of hydrogen-bond acceptors (Lipinski definition) is 8. The molecule has 2 saturated heterocycles. The first kappa shape index (κ1) is 18.9. The van der Waals surface area contributed by atoms with E-state index in [1.807, 2.05) is 6.92 Å². The number of anilines is 3. The lowest BCUT2D eigenvalue weighted by Crippen LogP contribution is -2.43. The maximum absolute atomic E-state index is 5.45. The van der Waals surface area contributed by atoms with Crippen molar-refractivity contribution in [2.45, 2.75) is 39.2 Å². The molecule has 8 heteroatoms. The molecule has 2 aromatic rings. The monoisotopic (exact) mass is 383 g/mol. The van der Waals surface area contributed by atoms with Gasteiger partial charge in [0, 0.05) is 50.0 Å². The molecular weight excluding hydrogens is 354 g/mol. The number of piperidine rings is 1. The van der Waals surface area contributed by atoms with Gasteiger partial charge in [-0.05, 0) is 26.2 Å². The SMILES string of the molecule is CCc1cc(NC2CCCN(c3cc(N4CCOCC4)ncn3)C2)nc(C)n1. The Morgan fingerprint density at radius 2 is 1.86 bits per heavy atom. The Bertz CT molecular complexity index is 794. The van der Waals surface area contributed by atoms with Gasteiger partial charge in [-0.3, -0.25) is 0 Å². The molecule has 0 amide bonds. The smallest absolute Gasteiger partial charge is 0.134 e. The summed E-state index contributed by atoms with van der Waals surface area (Å²) in [5, 5.41) is 3.61. The van der Waals surface area contributed by atoms with Gasteiger partial charge in [0.1, 0.15) is 29.6 Å². The molecule has 1 N–H and O–H groups in total. The normalized spacial score (nSPS) is 20.3. The first-order valence-electron chi connectivity index (χ1n) is 10.2. The summed E-state index contributed by atoms with van der Waals surface area (Å²) in [6, 6.07) is 4.51. The standard InChI is InChI=1S/C20H29N7O/c1-3-16-11-18(24-15(2)23-16)25-17-5-4-6-27(13-17)20-12-19(21-14-22-20)26-7-9-28-10-8-26/h11-12,14,17H,3-10,13H2,1-2H3,(H,23,24,25). The molecule has 0 aromatic carbocycles. The Labute approximate surface area is 166 Å². The molecule has 1 atom stereocenters.